The van der Waals surface area contributed by atoms with Crippen LogP contribution in [0.1, 0.15) is 25.6 Å². The first-order valence-corrected chi connectivity index (χ1v) is 5.98. The number of H-pyrrole nitrogens is 1. The fourth-order valence-electron chi connectivity index (χ4n) is 1.85. The zero-order chi connectivity index (χ0) is 13.1. The first-order chi connectivity index (χ1) is 8.61. The van der Waals surface area contributed by atoms with Gasteiger partial charge in [-0.3, -0.25) is 0 Å². The summed E-state index contributed by atoms with van der Waals surface area (Å²) in [6.45, 7) is 4.19. The number of hydrogen-bond donors (Lipinski definition) is 3. The Hall–Kier alpha value is -1.89. The molecular formula is C11H17N5O2. The topological polar surface area (TPSA) is 95.3 Å². The van der Waals surface area contributed by atoms with Gasteiger partial charge in [-0.1, -0.05) is 13.3 Å². The standard InChI is InChI=1S/C11H17N5O2/c1-3-4-8(17)6-12-9-5-10-14-15-11(18)16(10)7(2)13-9/h5,8,12,17H,3-4,6H2,1-2H3,(H,15,18). The Bertz CT molecular complexity index is 589. The van der Waals surface area contributed by atoms with Crippen LogP contribution in [0.15, 0.2) is 10.9 Å². The summed E-state index contributed by atoms with van der Waals surface area (Å²) in [5, 5.41) is 18.9. The number of aryl methyl sites for hydroxylation is 1. The summed E-state index contributed by atoms with van der Waals surface area (Å²) in [6.07, 6.45) is 1.29. The molecule has 3 N–H and O–H groups in total. The minimum absolute atomic E-state index is 0.299. The number of aromatic amines is 1. The van der Waals surface area contributed by atoms with Crippen LogP contribution in [0.3, 0.4) is 0 Å². The van der Waals surface area contributed by atoms with E-state index in [0.717, 1.165) is 12.8 Å². The maximum Gasteiger partial charge on any atom is 0.349 e. The molecule has 0 saturated heterocycles. The lowest BCUT2D eigenvalue weighted by Crippen LogP contribution is -2.20. The lowest BCUT2D eigenvalue weighted by Gasteiger charge is -2.11. The molecule has 2 heterocycles. The number of rotatable bonds is 5. The van der Waals surface area contributed by atoms with Crippen molar-refractivity contribution >= 4 is 11.5 Å². The van der Waals surface area contributed by atoms with E-state index in [1.807, 2.05) is 6.92 Å². The van der Waals surface area contributed by atoms with Gasteiger partial charge in [-0.2, -0.15) is 5.10 Å². The molecule has 7 nitrogen and oxygen atoms in total. The molecule has 0 saturated carbocycles. The lowest BCUT2D eigenvalue weighted by atomic mass is 10.2. The molecule has 0 amide bonds. The van der Waals surface area contributed by atoms with E-state index in [0.29, 0.717) is 23.8 Å². The Morgan fingerprint density at radius 2 is 2.39 bits per heavy atom. The van der Waals surface area contributed by atoms with Crippen molar-refractivity contribution in [2.75, 3.05) is 11.9 Å². The van der Waals surface area contributed by atoms with Crippen molar-refractivity contribution in [2.45, 2.75) is 32.8 Å². The molecule has 1 unspecified atom stereocenters. The average Bonchev–Trinajstić information content (AvgIpc) is 2.69. The number of aromatic nitrogens is 4. The number of anilines is 1. The largest absolute Gasteiger partial charge is 0.391 e. The first-order valence-electron chi connectivity index (χ1n) is 5.98. The molecule has 0 radical (unpaired) electrons. The third kappa shape index (κ3) is 2.51. The van der Waals surface area contributed by atoms with Crippen molar-refractivity contribution in [3.63, 3.8) is 0 Å². The Labute approximate surface area is 104 Å². The van der Waals surface area contributed by atoms with Crippen LogP contribution in [-0.4, -0.2) is 37.3 Å². The second kappa shape index (κ2) is 5.18. The van der Waals surface area contributed by atoms with Crippen molar-refractivity contribution in [2.24, 2.45) is 0 Å². The highest BCUT2D eigenvalue weighted by Crippen LogP contribution is 2.08. The number of aliphatic hydroxyl groups is 1. The van der Waals surface area contributed by atoms with E-state index in [1.165, 1.54) is 4.40 Å². The Kier molecular flexibility index (Phi) is 3.61. The smallest absolute Gasteiger partial charge is 0.349 e. The van der Waals surface area contributed by atoms with Gasteiger partial charge in [0.1, 0.15) is 11.6 Å². The van der Waals surface area contributed by atoms with Crippen LogP contribution in [0.25, 0.3) is 5.65 Å². The normalized spacial score (nSPS) is 12.8. The maximum atomic E-state index is 11.4. The minimum atomic E-state index is -0.394. The monoisotopic (exact) mass is 251 g/mol. The molecule has 2 aromatic heterocycles. The van der Waals surface area contributed by atoms with E-state index in [9.17, 15) is 9.90 Å². The summed E-state index contributed by atoms with van der Waals surface area (Å²) in [4.78, 5) is 15.7. The van der Waals surface area contributed by atoms with Crippen molar-refractivity contribution in [1.82, 2.24) is 19.6 Å². The van der Waals surface area contributed by atoms with Crippen LogP contribution in [0, 0.1) is 6.92 Å². The predicted octanol–water partition coefficient (Wildman–Crippen LogP) is 0.299. The second-order valence-electron chi connectivity index (χ2n) is 4.23. The molecule has 2 aromatic rings. The van der Waals surface area contributed by atoms with Gasteiger partial charge in [0.05, 0.1) is 6.10 Å². The van der Waals surface area contributed by atoms with Gasteiger partial charge in [0.25, 0.3) is 0 Å². The second-order valence-corrected chi connectivity index (χ2v) is 4.23. The van der Waals surface area contributed by atoms with E-state index < -0.39 is 6.10 Å². The number of nitrogens with one attached hydrogen (secondary N) is 2. The summed E-state index contributed by atoms with van der Waals surface area (Å²) >= 11 is 0. The highest BCUT2D eigenvalue weighted by Gasteiger charge is 2.08. The van der Waals surface area contributed by atoms with Gasteiger partial charge in [0.15, 0.2) is 5.65 Å². The van der Waals surface area contributed by atoms with Crippen LogP contribution >= 0.6 is 0 Å². The van der Waals surface area contributed by atoms with Gasteiger partial charge in [-0.05, 0) is 13.3 Å². The van der Waals surface area contributed by atoms with Gasteiger partial charge in [-0.25, -0.2) is 19.3 Å². The lowest BCUT2D eigenvalue weighted by molar-refractivity contribution is 0.176. The number of hydrogen-bond acceptors (Lipinski definition) is 5. The fourth-order valence-corrected chi connectivity index (χ4v) is 1.85. The summed E-state index contributed by atoms with van der Waals surface area (Å²) in [5.74, 6) is 1.16. The number of nitrogens with zero attached hydrogens (tertiary/aromatic N) is 3. The molecule has 18 heavy (non-hydrogen) atoms. The zero-order valence-electron chi connectivity index (χ0n) is 10.5. The van der Waals surface area contributed by atoms with E-state index in [-0.39, 0.29) is 5.69 Å². The van der Waals surface area contributed by atoms with E-state index in [2.05, 4.69) is 20.5 Å². The van der Waals surface area contributed by atoms with Crippen LogP contribution in [-0.2, 0) is 0 Å². The van der Waals surface area contributed by atoms with E-state index in [1.54, 1.807) is 13.0 Å². The summed E-state index contributed by atoms with van der Waals surface area (Å²) in [7, 11) is 0. The molecule has 2 rings (SSSR count). The number of aliphatic hydroxyl groups excluding tert-OH is 1. The Morgan fingerprint density at radius 1 is 1.61 bits per heavy atom. The third-order valence-corrected chi connectivity index (χ3v) is 2.71. The van der Waals surface area contributed by atoms with E-state index in [4.69, 9.17) is 0 Å². The quantitative estimate of drug-likeness (QED) is 0.710. The molecule has 0 aliphatic rings. The fraction of sp³-hybridized carbons (Fsp3) is 0.545. The third-order valence-electron chi connectivity index (χ3n) is 2.71. The van der Waals surface area contributed by atoms with Crippen LogP contribution in [0.5, 0.6) is 0 Å². The first kappa shape index (κ1) is 12.6. The van der Waals surface area contributed by atoms with Crippen molar-refractivity contribution in [3.8, 4) is 0 Å². The molecule has 1 atom stereocenters. The molecule has 0 aromatic carbocycles. The minimum Gasteiger partial charge on any atom is -0.391 e. The number of fused-ring (bicyclic) bond motifs is 1. The molecule has 0 aliphatic carbocycles. The van der Waals surface area contributed by atoms with Gasteiger partial charge in [0, 0.05) is 12.6 Å². The molecule has 98 valence electrons. The molecule has 0 fully saturated rings. The molecule has 0 bridgehead atoms. The zero-order valence-corrected chi connectivity index (χ0v) is 10.5. The molecule has 0 spiro atoms. The van der Waals surface area contributed by atoms with Crippen LogP contribution < -0.4 is 11.0 Å². The average molecular weight is 251 g/mol. The maximum absolute atomic E-state index is 11.4. The summed E-state index contributed by atoms with van der Waals surface area (Å²) in [5.41, 5.74) is 0.215. The highest BCUT2D eigenvalue weighted by atomic mass is 16.3. The Balaban J connectivity index is 2.17. The van der Waals surface area contributed by atoms with Crippen LogP contribution in [0.4, 0.5) is 5.82 Å². The molecule has 0 aliphatic heterocycles. The summed E-state index contributed by atoms with van der Waals surface area (Å²) in [6, 6.07) is 1.67. The predicted molar refractivity (Wildman–Crippen MR) is 67.7 cm³/mol. The SMILES string of the molecule is CCCC(O)CNc1cc2n[nH]c(=O)n2c(C)n1. The van der Waals surface area contributed by atoms with Gasteiger partial charge in [-0.15, -0.1) is 0 Å². The van der Waals surface area contributed by atoms with Gasteiger partial charge >= 0.3 is 5.69 Å². The van der Waals surface area contributed by atoms with Crippen molar-refractivity contribution in [3.05, 3.63) is 22.4 Å². The Morgan fingerprint density at radius 3 is 3.11 bits per heavy atom. The van der Waals surface area contributed by atoms with Crippen molar-refractivity contribution in [1.29, 1.82) is 0 Å². The van der Waals surface area contributed by atoms with Gasteiger partial charge in [0.2, 0.25) is 0 Å². The van der Waals surface area contributed by atoms with E-state index >= 15 is 0 Å². The van der Waals surface area contributed by atoms with Crippen LogP contribution in [0.2, 0.25) is 0 Å². The van der Waals surface area contributed by atoms with Crippen molar-refractivity contribution < 1.29 is 5.11 Å². The summed E-state index contributed by atoms with van der Waals surface area (Å²) < 4.78 is 1.40. The molecular weight excluding hydrogens is 234 g/mol. The highest BCUT2D eigenvalue weighted by molar-refractivity contribution is 5.49. The van der Waals surface area contributed by atoms with Gasteiger partial charge < -0.3 is 10.4 Å². The molecule has 7 heteroatoms.